The molecule has 0 aromatic carbocycles. The normalized spacial score (nSPS) is 24.9. The smallest absolute Gasteiger partial charge is 0.220 e. The number of rotatable bonds is 49. The number of carbonyl (C=O) groups is 1. The predicted octanol–water partition coefficient (Wildman–Crippen LogP) is 11.6. The van der Waals surface area contributed by atoms with Gasteiger partial charge in [-0.3, -0.25) is 4.79 Å². The number of ether oxygens (including phenoxy) is 4. The molecule has 2 saturated heterocycles. The minimum atomic E-state index is -1.79. The average molecular weight is 1140 g/mol. The Bertz CT molecular complexity index is 1770. The van der Waals surface area contributed by atoms with Gasteiger partial charge in [0.05, 0.1) is 32.0 Å². The zero-order valence-electron chi connectivity index (χ0n) is 50.0. The van der Waals surface area contributed by atoms with Crippen molar-refractivity contribution in [1.29, 1.82) is 0 Å². The van der Waals surface area contributed by atoms with Gasteiger partial charge in [0.2, 0.25) is 5.91 Å². The van der Waals surface area contributed by atoms with E-state index in [2.05, 4.69) is 116 Å². The van der Waals surface area contributed by atoms with Gasteiger partial charge in [0.1, 0.15) is 48.8 Å². The standard InChI is InChI=1S/C67H113NO13/c1-3-5-7-9-11-13-14-15-16-17-18-19-20-21-22-23-24-25-26-27-28-29-30-31-32-33-34-35-36-37-38-39-40-41-42-43-45-47-49-51-59(72)68-55(56(71)50-48-46-44-12-10-8-6-4-2)54-78-66-64(77)62(75)65(58(53-70)80-66)81-67-63(76)61(74)60(73)57(52-69)79-67/h5,7,11,13,15-16,18-19,21-22,24-25,27-28,30-31,48,50,55-58,60-67,69-71,73-77H,3-4,6,8-10,12,14,17,20,23,26,29,32-47,49,51-54H2,1-2H3,(H,68,72)/b7-5-,13-11-,16-15-,19-18-,22-21-,25-24-,28-27-,31-30-,50-48+. The molecule has 0 aromatic heterocycles. The molecule has 12 atom stereocenters. The fourth-order valence-corrected chi connectivity index (χ4v) is 9.66. The van der Waals surface area contributed by atoms with Crippen molar-refractivity contribution < 1.29 is 64.6 Å². The highest BCUT2D eigenvalue weighted by atomic mass is 16.7. The third-order valence-electron chi connectivity index (χ3n) is 14.7. The van der Waals surface area contributed by atoms with Gasteiger partial charge in [-0.25, -0.2) is 0 Å². The third kappa shape index (κ3) is 36.2. The first-order valence-corrected chi connectivity index (χ1v) is 31.6. The van der Waals surface area contributed by atoms with Crippen LogP contribution in [-0.2, 0) is 23.7 Å². The lowest BCUT2D eigenvalue weighted by Crippen LogP contribution is -2.65. The summed E-state index contributed by atoms with van der Waals surface area (Å²) in [5.41, 5.74) is 0. The van der Waals surface area contributed by atoms with Crippen LogP contribution in [-0.4, -0.2) is 140 Å². The molecular formula is C67H113NO13. The Kier molecular flexibility index (Phi) is 46.5. The number of hydrogen-bond donors (Lipinski definition) is 9. The summed E-state index contributed by atoms with van der Waals surface area (Å²) >= 11 is 0. The van der Waals surface area contributed by atoms with E-state index in [1.807, 2.05) is 6.08 Å². The van der Waals surface area contributed by atoms with Crippen LogP contribution in [0.4, 0.5) is 0 Å². The second kappa shape index (κ2) is 51.1. The van der Waals surface area contributed by atoms with Gasteiger partial charge in [-0.1, -0.05) is 232 Å². The number of aliphatic hydroxyl groups excluding tert-OH is 8. The van der Waals surface area contributed by atoms with E-state index in [1.165, 1.54) is 89.9 Å². The van der Waals surface area contributed by atoms with E-state index in [0.29, 0.717) is 6.42 Å². The van der Waals surface area contributed by atoms with Gasteiger partial charge in [-0.15, -0.1) is 0 Å². The molecule has 0 spiro atoms. The maximum absolute atomic E-state index is 13.2. The van der Waals surface area contributed by atoms with Gasteiger partial charge < -0.3 is 65.1 Å². The fourth-order valence-electron chi connectivity index (χ4n) is 9.66. The van der Waals surface area contributed by atoms with Crippen molar-refractivity contribution in [3.8, 4) is 0 Å². The van der Waals surface area contributed by atoms with E-state index in [9.17, 15) is 45.6 Å². The van der Waals surface area contributed by atoms with E-state index in [0.717, 1.165) is 96.3 Å². The molecule has 2 aliphatic rings. The van der Waals surface area contributed by atoms with Gasteiger partial charge >= 0.3 is 0 Å². The van der Waals surface area contributed by atoms with Gasteiger partial charge in [0.25, 0.3) is 0 Å². The van der Waals surface area contributed by atoms with E-state index in [-0.39, 0.29) is 18.9 Å². The van der Waals surface area contributed by atoms with Crippen LogP contribution in [0.3, 0.4) is 0 Å². The minimum absolute atomic E-state index is 0.248. The molecule has 0 aliphatic carbocycles. The van der Waals surface area contributed by atoms with Gasteiger partial charge in [0, 0.05) is 6.42 Å². The molecule has 2 fully saturated rings. The van der Waals surface area contributed by atoms with E-state index in [4.69, 9.17) is 18.9 Å². The molecule has 14 heteroatoms. The predicted molar refractivity (Wildman–Crippen MR) is 327 cm³/mol. The van der Waals surface area contributed by atoms with Crippen LogP contribution in [0.5, 0.6) is 0 Å². The molecule has 2 heterocycles. The molecule has 2 aliphatic heterocycles. The first kappa shape index (κ1) is 73.8. The van der Waals surface area contributed by atoms with Crippen LogP contribution in [0, 0.1) is 0 Å². The Hall–Kier alpha value is -3.35. The first-order chi connectivity index (χ1) is 39.6. The maximum Gasteiger partial charge on any atom is 0.220 e. The molecule has 81 heavy (non-hydrogen) atoms. The third-order valence-corrected chi connectivity index (χ3v) is 14.7. The number of nitrogens with one attached hydrogen (secondary N) is 1. The Balaban J connectivity index is 1.56. The van der Waals surface area contributed by atoms with Crippen molar-refractivity contribution in [3.63, 3.8) is 0 Å². The van der Waals surface area contributed by atoms with Crippen LogP contribution in [0.2, 0.25) is 0 Å². The minimum Gasteiger partial charge on any atom is -0.394 e. The summed E-state index contributed by atoms with van der Waals surface area (Å²) in [5, 5.41) is 86.8. The van der Waals surface area contributed by atoms with E-state index in [1.54, 1.807) is 6.08 Å². The molecule has 464 valence electrons. The Morgan fingerprint density at radius 3 is 1.31 bits per heavy atom. The molecule has 2 rings (SSSR count). The second-order valence-electron chi connectivity index (χ2n) is 21.8. The topological polar surface area (TPSA) is 228 Å². The van der Waals surface area contributed by atoms with Gasteiger partial charge in [0.15, 0.2) is 12.6 Å². The summed E-state index contributed by atoms with van der Waals surface area (Å²) in [7, 11) is 0. The monoisotopic (exact) mass is 1140 g/mol. The molecule has 0 saturated carbocycles. The number of carbonyl (C=O) groups excluding carboxylic acids is 1. The summed E-state index contributed by atoms with van der Waals surface area (Å²) in [4.78, 5) is 13.2. The summed E-state index contributed by atoms with van der Waals surface area (Å²) in [6.07, 6.45) is 56.1. The average Bonchev–Trinajstić information content (AvgIpc) is 3.51. The van der Waals surface area contributed by atoms with Crippen LogP contribution >= 0.6 is 0 Å². The zero-order valence-corrected chi connectivity index (χ0v) is 50.0. The van der Waals surface area contributed by atoms with Crippen LogP contribution in [0.25, 0.3) is 0 Å². The summed E-state index contributed by atoms with van der Waals surface area (Å²) < 4.78 is 22.7. The summed E-state index contributed by atoms with van der Waals surface area (Å²) in [5.74, 6) is -0.248. The quantitative estimate of drug-likeness (QED) is 0.0204. The SMILES string of the molecule is CC/C=C\C/C=C\C/C=C\C/C=C\C/C=C\C/C=C\C/C=C\C/C=C\CCCCCCCCCCCCCCCCC(=O)NC(COC1OC(CO)C(OC2OC(CO)C(O)C(O)C2O)C(O)C1O)C(O)/C=C/CCCCCCCC. The lowest BCUT2D eigenvalue weighted by molar-refractivity contribution is -0.359. The van der Waals surface area contributed by atoms with Crippen LogP contribution < -0.4 is 5.32 Å². The van der Waals surface area contributed by atoms with Crippen molar-refractivity contribution in [1.82, 2.24) is 5.32 Å². The number of unbranched alkanes of at least 4 members (excludes halogenated alkanes) is 20. The highest BCUT2D eigenvalue weighted by Gasteiger charge is 2.51. The largest absolute Gasteiger partial charge is 0.394 e. The van der Waals surface area contributed by atoms with Gasteiger partial charge in [-0.2, -0.15) is 0 Å². The lowest BCUT2D eigenvalue weighted by Gasteiger charge is -2.46. The Morgan fingerprint density at radius 2 is 0.852 bits per heavy atom. The van der Waals surface area contributed by atoms with Crippen molar-refractivity contribution in [2.75, 3.05) is 19.8 Å². The van der Waals surface area contributed by atoms with Crippen LogP contribution in [0.1, 0.15) is 213 Å². The fraction of sp³-hybridized carbons (Fsp3) is 0.716. The number of aliphatic hydroxyl groups is 8. The molecule has 14 nitrogen and oxygen atoms in total. The molecule has 0 radical (unpaired) electrons. The molecule has 0 bridgehead atoms. The summed E-state index contributed by atoms with van der Waals surface area (Å²) in [6, 6.07) is -0.918. The highest BCUT2D eigenvalue weighted by molar-refractivity contribution is 5.76. The number of hydrogen-bond acceptors (Lipinski definition) is 13. The Morgan fingerprint density at radius 1 is 0.457 bits per heavy atom. The zero-order chi connectivity index (χ0) is 58.8. The summed E-state index contributed by atoms with van der Waals surface area (Å²) in [6.45, 7) is 2.61. The first-order valence-electron chi connectivity index (χ1n) is 31.6. The lowest BCUT2D eigenvalue weighted by atomic mass is 9.97. The highest BCUT2D eigenvalue weighted by Crippen LogP contribution is 2.30. The van der Waals surface area contributed by atoms with Gasteiger partial charge in [-0.05, 0) is 83.5 Å². The molecule has 1 amide bonds. The molecule has 12 unspecified atom stereocenters. The van der Waals surface area contributed by atoms with E-state index >= 15 is 0 Å². The number of allylic oxidation sites excluding steroid dienone is 17. The van der Waals surface area contributed by atoms with Crippen LogP contribution in [0.15, 0.2) is 109 Å². The Labute approximate surface area is 489 Å². The van der Waals surface area contributed by atoms with Crippen molar-refractivity contribution >= 4 is 5.91 Å². The van der Waals surface area contributed by atoms with Crippen molar-refractivity contribution in [3.05, 3.63) is 109 Å². The molecule has 0 aromatic rings. The molecular weight excluding hydrogens is 1030 g/mol. The number of amides is 1. The van der Waals surface area contributed by atoms with Crippen molar-refractivity contribution in [2.45, 2.75) is 286 Å². The molecule has 9 N–H and O–H groups in total. The van der Waals surface area contributed by atoms with Crippen molar-refractivity contribution in [2.24, 2.45) is 0 Å². The second-order valence-corrected chi connectivity index (χ2v) is 21.8. The van der Waals surface area contributed by atoms with E-state index < -0.39 is 86.8 Å². The maximum atomic E-state index is 13.2.